The lowest BCUT2D eigenvalue weighted by Crippen LogP contribution is -2.43. The molecule has 172 valence electrons. The molecule has 8 nitrogen and oxygen atoms in total. The van der Waals surface area contributed by atoms with Crippen LogP contribution >= 0.6 is 11.3 Å². The van der Waals surface area contributed by atoms with Crippen LogP contribution in [0.3, 0.4) is 0 Å². The third-order valence-corrected chi connectivity index (χ3v) is 8.05. The monoisotopic (exact) mass is 484 g/mol. The van der Waals surface area contributed by atoms with Crippen molar-refractivity contribution in [2.75, 3.05) is 17.2 Å². The molecule has 0 bridgehead atoms. The molecule has 4 rings (SSSR count). The van der Waals surface area contributed by atoms with Crippen molar-refractivity contribution in [2.45, 2.75) is 37.6 Å². The minimum absolute atomic E-state index is 0.147. The van der Waals surface area contributed by atoms with E-state index in [0.717, 1.165) is 11.1 Å². The van der Waals surface area contributed by atoms with E-state index < -0.39 is 16.1 Å². The molecule has 1 aliphatic rings. The highest BCUT2D eigenvalue weighted by Crippen LogP contribution is 2.29. The molecule has 1 aromatic heterocycles. The summed E-state index contributed by atoms with van der Waals surface area (Å²) in [5, 5.41) is 7.71. The van der Waals surface area contributed by atoms with Crippen LogP contribution in [-0.2, 0) is 19.6 Å². The second-order valence-electron chi connectivity index (χ2n) is 7.87. The molecule has 1 aliphatic heterocycles. The van der Waals surface area contributed by atoms with Gasteiger partial charge in [-0.15, -0.1) is 11.3 Å². The molecule has 2 amide bonds. The largest absolute Gasteiger partial charge is 0.326 e. The number of carbonyl (C=O) groups excluding carboxylic acids is 2. The van der Waals surface area contributed by atoms with Gasteiger partial charge in [0.05, 0.1) is 10.6 Å². The van der Waals surface area contributed by atoms with Crippen molar-refractivity contribution in [3.63, 3.8) is 0 Å². The standard InChI is InChI=1S/C23H24N4O4S2/c1-15-5-11-19(12-6-15)33(30,31)27-13-3-4-21(27)22(29)26-23-25-20(14-32-23)17-7-9-18(10-8-17)24-16(2)28/h5-12,14,21H,3-4,13H2,1-2H3,(H,24,28)(H,25,26,29). The average molecular weight is 485 g/mol. The van der Waals surface area contributed by atoms with Crippen LogP contribution in [0.25, 0.3) is 11.3 Å². The number of anilines is 2. The van der Waals surface area contributed by atoms with Crippen LogP contribution in [0, 0.1) is 6.92 Å². The number of nitrogens with zero attached hydrogens (tertiary/aromatic N) is 2. The second kappa shape index (κ2) is 9.42. The van der Waals surface area contributed by atoms with Gasteiger partial charge < -0.3 is 10.6 Å². The van der Waals surface area contributed by atoms with Crippen molar-refractivity contribution in [1.82, 2.24) is 9.29 Å². The molecule has 3 aromatic rings. The Labute approximate surface area is 196 Å². The molecule has 1 fully saturated rings. The summed E-state index contributed by atoms with van der Waals surface area (Å²) in [6, 6.07) is 13.1. The van der Waals surface area contributed by atoms with Crippen molar-refractivity contribution in [1.29, 1.82) is 0 Å². The predicted molar refractivity (Wildman–Crippen MR) is 129 cm³/mol. The molecule has 1 saturated heterocycles. The van der Waals surface area contributed by atoms with Gasteiger partial charge in [-0.1, -0.05) is 29.8 Å². The van der Waals surface area contributed by atoms with E-state index in [9.17, 15) is 18.0 Å². The minimum Gasteiger partial charge on any atom is -0.326 e. The first kappa shape index (κ1) is 23.1. The molecular formula is C23H24N4O4S2. The van der Waals surface area contributed by atoms with Gasteiger partial charge in [-0.05, 0) is 44.0 Å². The van der Waals surface area contributed by atoms with Gasteiger partial charge in [0, 0.05) is 30.1 Å². The number of hydrogen-bond donors (Lipinski definition) is 2. The first-order chi connectivity index (χ1) is 15.7. The normalized spacial score (nSPS) is 16.5. The number of benzene rings is 2. The number of amides is 2. The lowest BCUT2D eigenvalue weighted by molar-refractivity contribution is -0.119. The van der Waals surface area contributed by atoms with Crippen LogP contribution in [0.15, 0.2) is 58.8 Å². The number of hydrogen-bond acceptors (Lipinski definition) is 6. The lowest BCUT2D eigenvalue weighted by atomic mass is 10.1. The fourth-order valence-corrected chi connectivity index (χ4v) is 6.09. The van der Waals surface area contributed by atoms with Crippen LogP contribution in [-0.4, -0.2) is 42.1 Å². The number of aromatic nitrogens is 1. The Kier molecular flexibility index (Phi) is 6.59. The van der Waals surface area contributed by atoms with E-state index >= 15 is 0 Å². The Bertz CT molecular complexity index is 1270. The zero-order chi connectivity index (χ0) is 23.6. The fraction of sp³-hybridized carbons (Fsp3) is 0.261. The van der Waals surface area contributed by atoms with Gasteiger partial charge in [-0.3, -0.25) is 9.59 Å². The molecule has 1 atom stereocenters. The molecule has 2 heterocycles. The molecule has 0 spiro atoms. The van der Waals surface area contributed by atoms with E-state index in [0.29, 0.717) is 35.9 Å². The third-order valence-electron chi connectivity index (χ3n) is 5.37. The molecule has 1 unspecified atom stereocenters. The van der Waals surface area contributed by atoms with Crippen LogP contribution in [0.4, 0.5) is 10.8 Å². The van der Waals surface area contributed by atoms with Crippen LogP contribution in [0.1, 0.15) is 25.3 Å². The van der Waals surface area contributed by atoms with Crippen LogP contribution < -0.4 is 10.6 Å². The minimum atomic E-state index is -3.77. The summed E-state index contributed by atoms with van der Waals surface area (Å²) in [6.45, 7) is 3.64. The Balaban J connectivity index is 1.46. The number of thiazole rings is 1. The molecule has 0 saturated carbocycles. The first-order valence-corrected chi connectivity index (χ1v) is 12.8. The van der Waals surface area contributed by atoms with E-state index in [1.807, 2.05) is 24.4 Å². The Hall–Kier alpha value is -3.08. The highest BCUT2D eigenvalue weighted by molar-refractivity contribution is 7.89. The lowest BCUT2D eigenvalue weighted by Gasteiger charge is -2.23. The smallest absolute Gasteiger partial charge is 0.244 e. The maximum Gasteiger partial charge on any atom is 0.244 e. The molecule has 2 aromatic carbocycles. The van der Waals surface area contributed by atoms with Crippen LogP contribution in [0.2, 0.25) is 0 Å². The fourth-order valence-electron chi connectivity index (χ4n) is 3.72. The number of rotatable bonds is 6. The molecular weight excluding hydrogens is 460 g/mol. The van der Waals surface area contributed by atoms with Crippen molar-refractivity contribution >= 4 is 44.0 Å². The quantitative estimate of drug-likeness (QED) is 0.552. The number of nitrogens with one attached hydrogen (secondary N) is 2. The maximum atomic E-state index is 13.1. The summed E-state index contributed by atoms with van der Waals surface area (Å²) >= 11 is 1.27. The van der Waals surface area contributed by atoms with Gasteiger partial charge in [-0.2, -0.15) is 4.31 Å². The summed E-state index contributed by atoms with van der Waals surface area (Å²) in [4.78, 5) is 28.8. The van der Waals surface area contributed by atoms with Gasteiger partial charge in [0.1, 0.15) is 6.04 Å². The summed E-state index contributed by atoms with van der Waals surface area (Å²) in [5.41, 5.74) is 3.17. The Morgan fingerprint density at radius 1 is 1.06 bits per heavy atom. The SMILES string of the molecule is CC(=O)Nc1ccc(-c2csc(NC(=O)C3CCCN3S(=O)(=O)c3ccc(C)cc3)n2)cc1. The van der Waals surface area contributed by atoms with Crippen molar-refractivity contribution in [3.05, 3.63) is 59.5 Å². The predicted octanol–water partition coefficient (Wildman–Crippen LogP) is 3.87. The summed E-state index contributed by atoms with van der Waals surface area (Å²) in [7, 11) is -3.77. The van der Waals surface area contributed by atoms with Crippen LogP contribution in [0.5, 0.6) is 0 Å². The molecule has 0 radical (unpaired) electrons. The molecule has 33 heavy (non-hydrogen) atoms. The zero-order valence-corrected chi connectivity index (χ0v) is 19.9. The number of aryl methyl sites for hydroxylation is 1. The Morgan fingerprint density at radius 2 is 1.76 bits per heavy atom. The van der Waals surface area contributed by atoms with Crippen molar-refractivity contribution in [2.24, 2.45) is 0 Å². The summed E-state index contributed by atoms with van der Waals surface area (Å²) in [5.74, 6) is -0.531. The Morgan fingerprint density at radius 3 is 2.42 bits per heavy atom. The van der Waals surface area contributed by atoms with Gasteiger partial charge in [0.2, 0.25) is 21.8 Å². The van der Waals surface area contributed by atoms with Gasteiger partial charge >= 0.3 is 0 Å². The second-order valence-corrected chi connectivity index (χ2v) is 10.6. The molecule has 2 N–H and O–H groups in total. The summed E-state index contributed by atoms with van der Waals surface area (Å²) < 4.78 is 27.5. The van der Waals surface area contributed by atoms with Crippen molar-refractivity contribution in [3.8, 4) is 11.3 Å². The van der Waals surface area contributed by atoms with Gasteiger partial charge in [0.15, 0.2) is 5.13 Å². The molecule has 0 aliphatic carbocycles. The van der Waals surface area contributed by atoms with E-state index in [2.05, 4.69) is 15.6 Å². The number of carbonyl (C=O) groups is 2. The summed E-state index contributed by atoms with van der Waals surface area (Å²) in [6.07, 6.45) is 1.08. The molecule has 10 heteroatoms. The van der Waals surface area contributed by atoms with E-state index in [1.54, 1.807) is 36.4 Å². The van der Waals surface area contributed by atoms with E-state index in [4.69, 9.17) is 0 Å². The average Bonchev–Trinajstić information content (AvgIpc) is 3.44. The van der Waals surface area contributed by atoms with E-state index in [-0.39, 0.29) is 16.7 Å². The van der Waals surface area contributed by atoms with Gasteiger partial charge in [0.25, 0.3) is 0 Å². The third kappa shape index (κ3) is 5.13. The number of sulfonamides is 1. The van der Waals surface area contributed by atoms with Crippen molar-refractivity contribution < 1.29 is 18.0 Å². The highest BCUT2D eigenvalue weighted by atomic mass is 32.2. The van der Waals surface area contributed by atoms with Gasteiger partial charge in [-0.25, -0.2) is 13.4 Å². The topological polar surface area (TPSA) is 108 Å². The zero-order valence-electron chi connectivity index (χ0n) is 18.2. The maximum absolute atomic E-state index is 13.1. The first-order valence-electron chi connectivity index (χ1n) is 10.5. The highest BCUT2D eigenvalue weighted by Gasteiger charge is 2.39. The van der Waals surface area contributed by atoms with E-state index in [1.165, 1.54) is 22.6 Å².